The van der Waals surface area contributed by atoms with Crippen molar-refractivity contribution in [1.29, 1.82) is 0 Å². The third kappa shape index (κ3) is 4.76. The molecule has 2 N–H and O–H groups in total. The highest BCUT2D eigenvalue weighted by Crippen LogP contribution is 2.19. The van der Waals surface area contributed by atoms with Gasteiger partial charge in [0.25, 0.3) is 5.91 Å². The van der Waals surface area contributed by atoms with E-state index in [0.29, 0.717) is 11.3 Å². The van der Waals surface area contributed by atoms with Gasteiger partial charge in [0, 0.05) is 12.0 Å². The van der Waals surface area contributed by atoms with Gasteiger partial charge in [0.15, 0.2) is 0 Å². The number of carboxylic acids is 1. The number of benzene rings is 3. The quantitative estimate of drug-likeness (QED) is 0.659. The monoisotopic (exact) mass is 375 g/mol. The van der Waals surface area contributed by atoms with E-state index in [1.165, 1.54) is 0 Å². The number of amides is 1. The summed E-state index contributed by atoms with van der Waals surface area (Å²) in [4.78, 5) is 24.1. The standard InChI is InChI=1S/C23H21NO4/c1-28-20-9-5-6-16(14-20)15-21(23(26)27)24-22(25)19-12-10-18(11-13-19)17-7-3-2-4-8-17/h2-14,21H,15H2,1H3,(H,24,25)(H,26,27)/t21-/m1/s1. The van der Waals surface area contributed by atoms with Crippen molar-refractivity contribution in [2.75, 3.05) is 7.11 Å². The van der Waals surface area contributed by atoms with Crippen LogP contribution in [-0.4, -0.2) is 30.1 Å². The Morgan fingerprint density at radius 1 is 0.929 bits per heavy atom. The van der Waals surface area contributed by atoms with E-state index in [2.05, 4.69) is 5.32 Å². The lowest BCUT2D eigenvalue weighted by Crippen LogP contribution is -2.42. The van der Waals surface area contributed by atoms with Crippen LogP contribution in [0.25, 0.3) is 11.1 Å². The van der Waals surface area contributed by atoms with Crippen molar-refractivity contribution in [1.82, 2.24) is 5.32 Å². The van der Waals surface area contributed by atoms with Crippen molar-refractivity contribution in [3.8, 4) is 16.9 Å². The molecule has 0 aliphatic carbocycles. The topological polar surface area (TPSA) is 75.6 Å². The molecule has 0 heterocycles. The summed E-state index contributed by atoms with van der Waals surface area (Å²) in [7, 11) is 1.55. The maximum Gasteiger partial charge on any atom is 0.326 e. The molecule has 0 radical (unpaired) electrons. The fourth-order valence-corrected chi connectivity index (χ4v) is 2.92. The van der Waals surface area contributed by atoms with Crippen LogP contribution in [0.15, 0.2) is 78.9 Å². The van der Waals surface area contributed by atoms with Gasteiger partial charge >= 0.3 is 5.97 Å². The average molecular weight is 375 g/mol. The predicted octanol–water partition coefficient (Wildman–Crippen LogP) is 3.79. The Hall–Kier alpha value is -3.60. The zero-order valence-corrected chi connectivity index (χ0v) is 15.5. The summed E-state index contributed by atoms with van der Waals surface area (Å²) in [5.74, 6) is -0.864. The number of methoxy groups -OCH3 is 1. The predicted molar refractivity (Wildman–Crippen MR) is 107 cm³/mol. The largest absolute Gasteiger partial charge is 0.497 e. The Labute approximate surface area is 163 Å². The molecule has 3 rings (SSSR count). The average Bonchev–Trinajstić information content (AvgIpc) is 2.74. The second-order valence-electron chi connectivity index (χ2n) is 6.36. The number of rotatable bonds is 7. The van der Waals surface area contributed by atoms with Gasteiger partial charge in [-0.25, -0.2) is 4.79 Å². The zero-order chi connectivity index (χ0) is 19.9. The first-order chi connectivity index (χ1) is 13.6. The maximum atomic E-state index is 12.5. The molecule has 1 amide bonds. The van der Waals surface area contributed by atoms with E-state index in [-0.39, 0.29) is 6.42 Å². The lowest BCUT2D eigenvalue weighted by Gasteiger charge is -2.15. The maximum absolute atomic E-state index is 12.5. The first kappa shape index (κ1) is 19.2. The fraction of sp³-hybridized carbons (Fsp3) is 0.130. The number of nitrogens with one attached hydrogen (secondary N) is 1. The smallest absolute Gasteiger partial charge is 0.326 e. The number of ether oxygens (including phenoxy) is 1. The molecule has 5 nitrogen and oxygen atoms in total. The molecule has 1 atom stereocenters. The van der Waals surface area contributed by atoms with Gasteiger partial charge in [-0.05, 0) is 41.0 Å². The van der Waals surface area contributed by atoms with Gasteiger partial charge in [-0.3, -0.25) is 4.79 Å². The number of carbonyl (C=O) groups is 2. The van der Waals surface area contributed by atoms with Crippen molar-refractivity contribution in [3.63, 3.8) is 0 Å². The van der Waals surface area contributed by atoms with E-state index in [9.17, 15) is 14.7 Å². The van der Waals surface area contributed by atoms with Crippen molar-refractivity contribution >= 4 is 11.9 Å². The highest BCUT2D eigenvalue weighted by Gasteiger charge is 2.21. The zero-order valence-electron chi connectivity index (χ0n) is 15.5. The van der Waals surface area contributed by atoms with Crippen molar-refractivity contribution in [2.45, 2.75) is 12.5 Å². The van der Waals surface area contributed by atoms with E-state index in [1.807, 2.05) is 42.5 Å². The second kappa shape index (κ2) is 8.86. The summed E-state index contributed by atoms with van der Waals surface area (Å²) in [6, 6.07) is 23.0. The first-order valence-corrected chi connectivity index (χ1v) is 8.89. The molecule has 142 valence electrons. The van der Waals surface area contributed by atoms with Gasteiger partial charge in [-0.15, -0.1) is 0 Å². The first-order valence-electron chi connectivity index (χ1n) is 8.89. The van der Waals surface area contributed by atoms with Crippen LogP contribution in [0.4, 0.5) is 0 Å². The SMILES string of the molecule is COc1cccc(C[C@@H](NC(=O)c2ccc(-c3ccccc3)cc2)C(=O)O)c1. The Morgan fingerprint density at radius 2 is 1.61 bits per heavy atom. The van der Waals surface area contributed by atoms with Crippen LogP contribution in [0.2, 0.25) is 0 Å². The molecular formula is C23H21NO4. The van der Waals surface area contributed by atoms with Crippen LogP contribution in [0, 0.1) is 0 Å². The Balaban J connectivity index is 1.71. The van der Waals surface area contributed by atoms with Gasteiger partial charge in [0.1, 0.15) is 11.8 Å². The molecule has 3 aromatic rings. The van der Waals surface area contributed by atoms with Crippen molar-refractivity contribution in [2.24, 2.45) is 0 Å². The van der Waals surface area contributed by atoms with Gasteiger partial charge in [-0.1, -0.05) is 54.6 Å². The summed E-state index contributed by atoms with van der Waals surface area (Å²) in [5.41, 5.74) is 3.22. The van der Waals surface area contributed by atoms with Gasteiger partial charge in [0.2, 0.25) is 0 Å². The second-order valence-corrected chi connectivity index (χ2v) is 6.36. The van der Waals surface area contributed by atoms with Crippen LogP contribution in [0.5, 0.6) is 5.75 Å². The molecule has 0 spiro atoms. The normalized spacial score (nSPS) is 11.5. The molecule has 0 fully saturated rings. The van der Waals surface area contributed by atoms with Crippen LogP contribution >= 0.6 is 0 Å². The summed E-state index contributed by atoms with van der Waals surface area (Å²) in [5, 5.41) is 12.1. The van der Waals surface area contributed by atoms with Crippen LogP contribution in [-0.2, 0) is 11.2 Å². The van der Waals surface area contributed by atoms with Gasteiger partial charge < -0.3 is 15.2 Å². The highest BCUT2D eigenvalue weighted by atomic mass is 16.5. The molecule has 3 aromatic carbocycles. The lowest BCUT2D eigenvalue weighted by atomic mass is 10.0. The third-order valence-corrected chi connectivity index (χ3v) is 4.43. The van der Waals surface area contributed by atoms with E-state index in [4.69, 9.17) is 4.74 Å². The minimum Gasteiger partial charge on any atom is -0.497 e. The summed E-state index contributed by atoms with van der Waals surface area (Å²) in [6.45, 7) is 0. The molecule has 0 saturated carbocycles. The Kier molecular flexibility index (Phi) is 6.07. The molecule has 0 bridgehead atoms. The van der Waals surface area contributed by atoms with Crippen LogP contribution < -0.4 is 10.1 Å². The highest BCUT2D eigenvalue weighted by molar-refractivity contribution is 5.97. The number of hydrogen-bond donors (Lipinski definition) is 2. The summed E-state index contributed by atoms with van der Waals surface area (Å²) in [6.07, 6.45) is 0.167. The Bertz CT molecular complexity index is 952. The molecular weight excluding hydrogens is 354 g/mol. The Morgan fingerprint density at radius 3 is 2.25 bits per heavy atom. The lowest BCUT2D eigenvalue weighted by molar-refractivity contribution is -0.139. The van der Waals surface area contributed by atoms with E-state index < -0.39 is 17.9 Å². The number of carbonyl (C=O) groups excluding carboxylic acids is 1. The van der Waals surface area contributed by atoms with Crippen molar-refractivity contribution < 1.29 is 19.4 Å². The van der Waals surface area contributed by atoms with Crippen molar-refractivity contribution in [3.05, 3.63) is 90.0 Å². The molecule has 5 heteroatoms. The summed E-state index contributed by atoms with van der Waals surface area (Å²) >= 11 is 0. The van der Waals surface area contributed by atoms with Gasteiger partial charge in [0.05, 0.1) is 7.11 Å². The van der Waals surface area contributed by atoms with Crippen LogP contribution in [0.3, 0.4) is 0 Å². The summed E-state index contributed by atoms with van der Waals surface area (Å²) < 4.78 is 5.16. The van der Waals surface area contributed by atoms with E-state index in [1.54, 1.807) is 43.5 Å². The van der Waals surface area contributed by atoms with Gasteiger partial charge in [-0.2, -0.15) is 0 Å². The number of carboxylic acid groups (broad SMARTS) is 1. The molecule has 0 saturated heterocycles. The number of aliphatic carboxylic acids is 1. The molecule has 0 aromatic heterocycles. The van der Waals surface area contributed by atoms with E-state index in [0.717, 1.165) is 16.7 Å². The molecule has 0 unspecified atom stereocenters. The third-order valence-electron chi connectivity index (χ3n) is 4.43. The van der Waals surface area contributed by atoms with Crippen LogP contribution in [0.1, 0.15) is 15.9 Å². The number of hydrogen-bond acceptors (Lipinski definition) is 3. The fourth-order valence-electron chi connectivity index (χ4n) is 2.92. The molecule has 28 heavy (non-hydrogen) atoms. The molecule has 0 aliphatic heterocycles. The van der Waals surface area contributed by atoms with E-state index >= 15 is 0 Å². The molecule has 0 aliphatic rings. The minimum absolute atomic E-state index is 0.167. The minimum atomic E-state index is -1.09.